The zero-order valence-electron chi connectivity index (χ0n) is 7.92. The van der Waals surface area contributed by atoms with Crippen LogP contribution in [-0.4, -0.2) is 5.91 Å². The number of allylic oxidation sites excluding steroid dienone is 4. The van der Waals surface area contributed by atoms with Crippen molar-refractivity contribution < 1.29 is 4.79 Å². The van der Waals surface area contributed by atoms with E-state index >= 15 is 0 Å². The predicted octanol–water partition coefficient (Wildman–Crippen LogP) is 2.08. The standard InChI is InChI=1S/C11H15NO/c1-2-4-9-5-3-6-10(8-7-9)11(12)13/h3,6-8H,2,4-5H2,1H3,(H2,12,13). The van der Waals surface area contributed by atoms with E-state index in [1.165, 1.54) is 5.57 Å². The second-order valence-electron chi connectivity index (χ2n) is 3.17. The molecule has 0 saturated carbocycles. The van der Waals surface area contributed by atoms with Gasteiger partial charge in [0.15, 0.2) is 0 Å². The quantitative estimate of drug-likeness (QED) is 0.704. The van der Waals surface area contributed by atoms with Crippen LogP contribution in [0.4, 0.5) is 0 Å². The van der Waals surface area contributed by atoms with Gasteiger partial charge in [0.1, 0.15) is 0 Å². The Hall–Kier alpha value is -1.31. The van der Waals surface area contributed by atoms with Crippen LogP contribution in [0.15, 0.2) is 35.5 Å². The maximum absolute atomic E-state index is 10.8. The number of amides is 1. The molecule has 1 aliphatic carbocycles. The zero-order chi connectivity index (χ0) is 9.68. The first-order chi connectivity index (χ1) is 6.24. The molecule has 0 spiro atoms. The Balaban J connectivity index is 2.76. The fourth-order valence-electron chi connectivity index (χ4n) is 1.34. The molecule has 0 radical (unpaired) electrons. The van der Waals surface area contributed by atoms with Crippen molar-refractivity contribution in [3.8, 4) is 0 Å². The van der Waals surface area contributed by atoms with Gasteiger partial charge in [-0.1, -0.05) is 37.1 Å². The van der Waals surface area contributed by atoms with Crippen molar-refractivity contribution in [1.29, 1.82) is 0 Å². The van der Waals surface area contributed by atoms with Crippen molar-refractivity contribution in [1.82, 2.24) is 0 Å². The van der Waals surface area contributed by atoms with Gasteiger partial charge in [-0.25, -0.2) is 0 Å². The molecule has 0 unspecified atom stereocenters. The summed E-state index contributed by atoms with van der Waals surface area (Å²) in [7, 11) is 0. The second-order valence-corrected chi connectivity index (χ2v) is 3.17. The number of primary amides is 1. The Bertz CT molecular complexity index is 284. The summed E-state index contributed by atoms with van der Waals surface area (Å²) >= 11 is 0. The van der Waals surface area contributed by atoms with Crippen molar-refractivity contribution in [3.63, 3.8) is 0 Å². The smallest absolute Gasteiger partial charge is 0.248 e. The second kappa shape index (κ2) is 4.65. The lowest BCUT2D eigenvalue weighted by Gasteiger charge is -1.98. The van der Waals surface area contributed by atoms with Crippen molar-refractivity contribution in [2.45, 2.75) is 26.2 Å². The van der Waals surface area contributed by atoms with E-state index in [0.29, 0.717) is 5.57 Å². The molecule has 0 heterocycles. The van der Waals surface area contributed by atoms with Crippen molar-refractivity contribution in [3.05, 3.63) is 35.5 Å². The Morgan fingerprint density at radius 2 is 2.31 bits per heavy atom. The number of carbonyl (C=O) groups excluding carboxylic acids is 1. The third-order valence-electron chi connectivity index (χ3n) is 2.03. The summed E-state index contributed by atoms with van der Waals surface area (Å²) < 4.78 is 0. The zero-order valence-corrected chi connectivity index (χ0v) is 7.92. The third-order valence-corrected chi connectivity index (χ3v) is 2.03. The van der Waals surface area contributed by atoms with Crippen LogP contribution < -0.4 is 5.73 Å². The molecule has 0 bridgehead atoms. The fourth-order valence-corrected chi connectivity index (χ4v) is 1.34. The molecule has 2 nitrogen and oxygen atoms in total. The Morgan fingerprint density at radius 1 is 1.54 bits per heavy atom. The highest BCUT2D eigenvalue weighted by molar-refractivity contribution is 5.95. The van der Waals surface area contributed by atoms with Crippen LogP contribution >= 0.6 is 0 Å². The van der Waals surface area contributed by atoms with Crippen molar-refractivity contribution in [2.24, 2.45) is 5.73 Å². The predicted molar refractivity (Wildman–Crippen MR) is 54.0 cm³/mol. The van der Waals surface area contributed by atoms with Crippen molar-refractivity contribution >= 4 is 5.91 Å². The molecule has 2 heteroatoms. The van der Waals surface area contributed by atoms with Gasteiger partial charge in [0.25, 0.3) is 0 Å². The molecule has 0 aromatic heterocycles. The minimum absolute atomic E-state index is 0.356. The molecule has 1 rings (SSSR count). The van der Waals surface area contributed by atoms with Crippen molar-refractivity contribution in [2.75, 3.05) is 0 Å². The highest BCUT2D eigenvalue weighted by Gasteiger charge is 2.02. The molecule has 2 N–H and O–H groups in total. The van der Waals surface area contributed by atoms with E-state index in [-0.39, 0.29) is 5.91 Å². The van der Waals surface area contributed by atoms with E-state index in [1.807, 2.05) is 12.2 Å². The maximum Gasteiger partial charge on any atom is 0.248 e. The maximum atomic E-state index is 10.8. The summed E-state index contributed by atoms with van der Waals surface area (Å²) in [5.41, 5.74) is 7.11. The molecule has 0 aliphatic heterocycles. The first-order valence-electron chi connectivity index (χ1n) is 4.60. The summed E-state index contributed by atoms with van der Waals surface area (Å²) in [6.07, 6.45) is 10.8. The molecule has 1 aliphatic rings. The van der Waals surface area contributed by atoms with Crippen LogP contribution in [0.2, 0.25) is 0 Å². The monoisotopic (exact) mass is 177 g/mol. The lowest BCUT2D eigenvalue weighted by atomic mass is 10.1. The van der Waals surface area contributed by atoms with Gasteiger partial charge in [-0.3, -0.25) is 4.79 Å². The van der Waals surface area contributed by atoms with E-state index in [2.05, 4.69) is 6.92 Å². The van der Waals surface area contributed by atoms with Gasteiger partial charge in [-0.2, -0.15) is 0 Å². The minimum atomic E-state index is -0.356. The van der Waals surface area contributed by atoms with E-state index in [9.17, 15) is 4.79 Å². The van der Waals surface area contributed by atoms with E-state index < -0.39 is 0 Å². The summed E-state index contributed by atoms with van der Waals surface area (Å²) in [6.45, 7) is 2.15. The number of hydrogen-bond acceptors (Lipinski definition) is 1. The largest absolute Gasteiger partial charge is 0.366 e. The number of rotatable bonds is 3. The Kier molecular flexibility index (Phi) is 3.50. The molecule has 70 valence electrons. The molecular weight excluding hydrogens is 162 g/mol. The summed E-state index contributed by atoms with van der Waals surface area (Å²) in [5, 5.41) is 0. The van der Waals surface area contributed by atoms with Crippen LogP contribution in [-0.2, 0) is 4.79 Å². The van der Waals surface area contributed by atoms with E-state index in [4.69, 9.17) is 5.73 Å². The number of hydrogen-bond donors (Lipinski definition) is 1. The Labute approximate surface area is 78.8 Å². The highest BCUT2D eigenvalue weighted by Crippen LogP contribution is 2.15. The average molecular weight is 177 g/mol. The van der Waals surface area contributed by atoms with Crippen LogP contribution in [0.1, 0.15) is 26.2 Å². The summed E-state index contributed by atoms with van der Waals surface area (Å²) in [6, 6.07) is 0. The SMILES string of the molecule is CCCC1=CC=C(C(N)=O)C=CC1. The first kappa shape index (κ1) is 9.78. The molecule has 0 saturated heterocycles. The number of nitrogens with two attached hydrogens (primary N) is 1. The van der Waals surface area contributed by atoms with Gasteiger partial charge >= 0.3 is 0 Å². The van der Waals surface area contributed by atoms with Gasteiger partial charge in [0, 0.05) is 5.57 Å². The average Bonchev–Trinajstić information content (AvgIpc) is 2.30. The normalized spacial score (nSPS) is 16.1. The van der Waals surface area contributed by atoms with Crippen LogP contribution in [0.3, 0.4) is 0 Å². The van der Waals surface area contributed by atoms with Crippen LogP contribution in [0.25, 0.3) is 0 Å². The molecule has 0 aromatic carbocycles. The van der Waals surface area contributed by atoms with E-state index in [0.717, 1.165) is 19.3 Å². The van der Waals surface area contributed by atoms with Crippen LogP contribution in [0, 0.1) is 0 Å². The molecule has 0 fully saturated rings. The highest BCUT2D eigenvalue weighted by atomic mass is 16.1. The fraction of sp³-hybridized carbons (Fsp3) is 0.364. The summed E-state index contributed by atoms with van der Waals surface area (Å²) in [4.78, 5) is 10.8. The summed E-state index contributed by atoms with van der Waals surface area (Å²) in [5.74, 6) is -0.356. The Morgan fingerprint density at radius 3 is 2.92 bits per heavy atom. The van der Waals surface area contributed by atoms with Gasteiger partial charge in [-0.05, 0) is 18.9 Å². The molecule has 1 amide bonds. The van der Waals surface area contributed by atoms with E-state index in [1.54, 1.807) is 12.2 Å². The lowest BCUT2D eigenvalue weighted by Crippen LogP contribution is -2.11. The molecular formula is C11H15NO. The molecule has 0 aromatic rings. The van der Waals surface area contributed by atoms with Gasteiger partial charge in [0.2, 0.25) is 5.91 Å². The molecule has 0 atom stereocenters. The first-order valence-corrected chi connectivity index (χ1v) is 4.60. The third kappa shape index (κ3) is 2.90. The minimum Gasteiger partial charge on any atom is -0.366 e. The van der Waals surface area contributed by atoms with Gasteiger partial charge < -0.3 is 5.73 Å². The van der Waals surface area contributed by atoms with Gasteiger partial charge in [0.05, 0.1) is 0 Å². The molecule has 13 heavy (non-hydrogen) atoms. The topological polar surface area (TPSA) is 43.1 Å². The van der Waals surface area contributed by atoms with Gasteiger partial charge in [-0.15, -0.1) is 0 Å². The number of carbonyl (C=O) groups is 1. The van der Waals surface area contributed by atoms with Crippen LogP contribution in [0.5, 0.6) is 0 Å². The lowest BCUT2D eigenvalue weighted by molar-refractivity contribution is -0.114.